The lowest BCUT2D eigenvalue weighted by atomic mass is 9.93. The van der Waals surface area contributed by atoms with Crippen molar-refractivity contribution in [1.29, 1.82) is 0 Å². The molecule has 0 saturated heterocycles. The van der Waals surface area contributed by atoms with Crippen LogP contribution in [0.5, 0.6) is 0 Å². The maximum atomic E-state index is 12.1. The molecule has 0 saturated carbocycles. The van der Waals surface area contributed by atoms with Gasteiger partial charge in [0.05, 0.1) is 0 Å². The van der Waals surface area contributed by atoms with Crippen LogP contribution in [0.15, 0.2) is 41.7 Å². The minimum absolute atomic E-state index is 0.674. The molecular weight excluding hydrogens is 300 g/mol. The Balaban J connectivity index is 2.30. The van der Waals surface area contributed by atoms with Gasteiger partial charge in [-0.3, -0.25) is 14.4 Å². The Bertz CT molecular complexity index is 752. The van der Waals surface area contributed by atoms with Gasteiger partial charge in [-0.05, 0) is 25.5 Å². The number of ketones is 2. The van der Waals surface area contributed by atoms with Crippen LogP contribution in [0, 0.1) is 12.8 Å². The van der Waals surface area contributed by atoms with E-state index in [-0.39, 0.29) is 0 Å². The molecule has 6 nitrogen and oxygen atoms in total. The van der Waals surface area contributed by atoms with E-state index in [1.807, 2.05) is 19.1 Å². The van der Waals surface area contributed by atoms with Crippen LogP contribution in [0.1, 0.15) is 18.1 Å². The summed E-state index contributed by atoms with van der Waals surface area (Å²) in [4.78, 5) is 46.6. The molecule has 1 aromatic carbocycles. The zero-order chi connectivity index (χ0) is 17.1. The van der Waals surface area contributed by atoms with Crippen LogP contribution in [-0.2, 0) is 23.9 Å². The minimum Gasteiger partial charge on any atom is -0.510 e. The number of carbonyl (C=O) groups excluding carboxylic acids is 4. The SMILES string of the molecule is CC(=O)C1=C(O)C(C(=O)C=Cc2ccc(C)cc2)C(=O)OC1=O. The summed E-state index contributed by atoms with van der Waals surface area (Å²) in [5.41, 5.74) is 1.10. The molecule has 23 heavy (non-hydrogen) atoms. The van der Waals surface area contributed by atoms with Gasteiger partial charge in [-0.15, -0.1) is 0 Å². The van der Waals surface area contributed by atoms with Gasteiger partial charge in [-0.25, -0.2) is 4.79 Å². The number of rotatable bonds is 4. The van der Waals surface area contributed by atoms with E-state index in [0.717, 1.165) is 24.1 Å². The Morgan fingerprint density at radius 3 is 2.35 bits per heavy atom. The van der Waals surface area contributed by atoms with E-state index in [0.29, 0.717) is 0 Å². The van der Waals surface area contributed by atoms with Gasteiger partial charge in [0.25, 0.3) is 0 Å². The number of allylic oxidation sites excluding steroid dienone is 1. The average Bonchev–Trinajstić information content (AvgIpc) is 2.45. The quantitative estimate of drug-likeness (QED) is 0.393. The third kappa shape index (κ3) is 3.42. The molecule has 0 aromatic heterocycles. The molecule has 0 amide bonds. The predicted octanol–water partition coefficient (Wildman–Crippen LogP) is 1.68. The molecular formula is C17H14O6. The zero-order valence-corrected chi connectivity index (χ0v) is 12.5. The van der Waals surface area contributed by atoms with Crippen molar-refractivity contribution in [1.82, 2.24) is 0 Å². The van der Waals surface area contributed by atoms with Crippen LogP contribution < -0.4 is 0 Å². The van der Waals surface area contributed by atoms with E-state index in [1.165, 1.54) is 6.08 Å². The summed E-state index contributed by atoms with van der Waals surface area (Å²) in [5, 5.41) is 9.93. The first kappa shape index (κ1) is 16.4. The smallest absolute Gasteiger partial charge is 0.352 e. The van der Waals surface area contributed by atoms with Gasteiger partial charge < -0.3 is 9.84 Å². The van der Waals surface area contributed by atoms with Crippen molar-refractivity contribution < 1.29 is 29.0 Å². The van der Waals surface area contributed by atoms with Crippen molar-refractivity contribution in [2.45, 2.75) is 13.8 Å². The van der Waals surface area contributed by atoms with Crippen molar-refractivity contribution in [3.05, 3.63) is 52.8 Å². The topological polar surface area (TPSA) is 97.7 Å². The van der Waals surface area contributed by atoms with Gasteiger partial charge in [0.15, 0.2) is 17.5 Å². The fourth-order valence-corrected chi connectivity index (χ4v) is 2.09. The van der Waals surface area contributed by atoms with Crippen molar-refractivity contribution in [2.75, 3.05) is 0 Å². The number of carbonyl (C=O) groups is 4. The maximum absolute atomic E-state index is 12.1. The number of hydrogen-bond acceptors (Lipinski definition) is 6. The summed E-state index contributed by atoms with van der Waals surface area (Å²) >= 11 is 0. The number of Topliss-reactive ketones (excluding diaryl/α,β-unsaturated/α-hetero) is 1. The monoisotopic (exact) mass is 314 g/mol. The van der Waals surface area contributed by atoms with E-state index in [1.54, 1.807) is 12.1 Å². The second kappa shape index (κ2) is 6.39. The lowest BCUT2D eigenvalue weighted by Gasteiger charge is -2.19. The Hall–Kier alpha value is -3.02. The third-order valence-electron chi connectivity index (χ3n) is 3.32. The van der Waals surface area contributed by atoms with Crippen molar-refractivity contribution in [3.8, 4) is 0 Å². The third-order valence-corrected chi connectivity index (χ3v) is 3.32. The first-order chi connectivity index (χ1) is 10.8. The van der Waals surface area contributed by atoms with Crippen LogP contribution in [0.25, 0.3) is 6.08 Å². The molecule has 1 aliphatic heterocycles. The Morgan fingerprint density at radius 2 is 1.78 bits per heavy atom. The van der Waals surface area contributed by atoms with Gasteiger partial charge in [0.1, 0.15) is 11.3 Å². The van der Waals surface area contributed by atoms with Crippen LogP contribution in [-0.4, -0.2) is 28.6 Å². The predicted molar refractivity (Wildman–Crippen MR) is 80.1 cm³/mol. The second-order valence-electron chi connectivity index (χ2n) is 5.10. The number of cyclic esters (lactones) is 2. The van der Waals surface area contributed by atoms with Crippen LogP contribution in [0.4, 0.5) is 0 Å². The largest absolute Gasteiger partial charge is 0.510 e. The molecule has 0 radical (unpaired) electrons. The van der Waals surface area contributed by atoms with E-state index < -0.39 is 40.8 Å². The molecule has 0 bridgehead atoms. The first-order valence-electron chi connectivity index (χ1n) is 6.80. The number of ether oxygens (including phenoxy) is 1. The van der Waals surface area contributed by atoms with Crippen LogP contribution >= 0.6 is 0 Å². The Kier molecular flexibility index (Phi) is 4.55. The molecule has 0 fully saturated rings. The Morgan fingerprint density at radius 1 is 1.17 bits per heavy atom. The number of benzene rings is 1. The second-order valence-corrected chi connectivity index (χ2v) is 5.10. The molecule has 0 spiro atoms. The molecule has 1 unspecified atom stereocenters. The van der Waals surface area contributed by atoms with Gasteiger partial charge in [0.2, 0.25) is 0 Å². The van der Waals surface area contributed by atoms with E-state index in [4.69, 9.17) is 0 Å². The van der Waals surface area contributed by atoms with Crippen molar-refractivity contribution in [3.63, 3.8) is 0 Å². The number of aliphatic hydroxyl groups excluding tert-OH is 1. The highest BCUT2D eigenvalue weighted by Crippen LogP contribution is 2.24. The molecule has 1 heterocycles. The number of aryl methyl sites for hydroxylation is 1. The average molecular weight is 314 g/mol. The standard InChI is InChI=1S/C17H14O6/c1-9-3-5-11(6-4-9)7-8-12(19)14-15(20)13(10(2)18)16(21)23-17(14)22/h3-8,14,20H,1-2H3. The fraction of sp³-hybridized carbons (Fsp3) is 0.176. The highest BCUT2D eigenvalue weighted by atomic mass is 16.6. The summed E-state index contributed by atoms with van der Waals surface area (Å²) in [6, 6.07) is 7.25. The van der Waals surface area contributed by atoms with Crippen LogP contribution in [0.3, 0.4) is 0 Å². The molecule has 1 aromatic rings. The zero-order valence-electron chi connectivity index (χ0n) is 12.5. The molecule has 1 aliphatic rings. The lowest BCUT2D eigenvalue weighted by Crippen LogP contribution is -2.37. The van der Waals surface area contributed by atoms with Gasteiger partial charge in [-0.1, -0.05) is 35.9 Å². The normalized spacial score (nSPS) is 18.3. The van der Waals surface area contributed by atoms with Crippen molar-refractivity contribution >= 4 is 29.6 Å². The highest BCUT2D eigenvalue weighted by molar-refractivity contribution is 6.24. The van der Waals surface area contributed by atoms with Crippen LogP contribution in [0.2, 0.25) is 0 Å². The van der Waals surface area contributed by atoms with Gasteiger partial charge >= 0.3 is 11.9 Å². The molecule has 6 heteroatoms. The minimum atomic E-state index is -1.70. The number of esters is 2. The number of aliphatic hydroxyl groups is 1. The summed E-state index contributed by atoms with van der Waals surface area (Å²) in [5.74, 6) is -6.56. The Labute approximate surface area is 132 Å². The molecule has 0 aliphatic carbocycles. The number of hydrogen-bond donors (Lipinski definition) is 1. The summed E-state index contributed by atoms with van der Waals surface area (Å²) in [6.45, 7) is 2.95. The molecule has 118 valence electrons. The van der Waals surface area contributed by atoms with Gasteiger partial charge in [-0.2, -0.15) is 0 Å². The van der Waals surface area contributed by atoms with E-state index >= 15 is 0 Å². The van der Waals surface area contributed by atoms with E-state index in [9.17, 15) is 24.3 Å². The summed E-state index contributed by atoms with van der Waals surface area (Å²) in [7, 11) is 0. The first-order valence-corrected chi connectivity index (χ1v) is 6.80. The van der Waals surface area contributed by atoms with Crippen molar-refractivity contribution in [2.24, 2.45) is 5.92 Å². The lowest BCUT2D eigenvalue weighted by molar-refractivity contribution is -0.162. The molecule has 2 rings (SSSR count). The summed E-state index contributed by atoms with van der Waals surface area (Å²) in [6.07, 6.45) is 2.56. The summed E-state index contributed by atoms with van der Waals surface area (Å²) < 4.78 is 4.36. The van der Waals surface area contributed by atoms with Gasteiger partial charge in [0, 0.05) is 0 Å². The maximum Gasteiger partial charge on any atom is 0.352 e. The molecule has 1 N–H and O–H groups in total. The highest BCUT2D eigenvalue weighted by Gasteiger charge is 2.42. The molecule has 1 atom stereocenters. The van der Waals surface area contributed by atoms with E-state index in [2.05, 4.69) is 4.74 Å². The fourth-order valence-electron chi connectivity index (χ4n) is 2.09.